The molecule has 1 atom stereocenters. The molecule has 0 aliphatic heterocycles. The highest BCUT2D eigenvalue weighted by atomic mass is 14.9. The lowest BCUT2D eigenvalue weighted by Gasteiger charge is -2.17. The summed E-state index contributed by atoms with van der Waals surface area (Å²) in [6, 6.07) is 0.476. The summed E-state index contributed by atoms with van der Waals surface area (Å²) in [5, 5.41) is 3.59. The highest BCUT2D eigenvalue weighted by Crippen LogP contribution is 2.26. The number of aromatic nitrogens is 2. The minimum absolute atomic E-state index is 0.476. The summed E-state index contributed by atoms with van der Waals surface area (Å²) >= 11 is 0. The van der Waals surface area contributed by atoms with E-state index in [-0.39, 0.29) is 0 Å². The van der Waals surface area contributed by atoms with E-state index in [2.05, 4.69) is 22.2 Å². The largest absolute Gasteiger partial charge is 0.310 e. The first kappa shape index (κ1) is 10.6. The maximum atomic E-state index is 4.39. The van der Waals surface area contributed by atoms with Crippen molar-refractivity contribution in [2.45, 2.75) is 45.1 Å². The molecule has 3 heteroatoms. The zero-order valence-electron chi connectivity index (χ0n) is 9.37. The quantitative estimate of drug-likeness (QED) is 0.769. The van der Waals surface area contributed by atoms with E-state index in [0.717, 1.165) is 13.0 Å². The number of nitrogens with zero attached hydrogens (tertiary/aromatic N) is 2. The van der Waals surface area contributed by atoms with Crippen molar-refractivity contribution < 1.29 is 0 Å². The topological polar surface area (TPSA) is 37.8 Å². The molecule has 1 N–H and O–H groups in total. The van der Waals surface area contributed by atoms with E-state index in [1.54, 1.807) is 6.33 Å². The smallest absolute Gasteiger partial charge is 0.115 e. The Balaban J connectivity index is 2.17. The van der Waals surface area contributed by atoms with Crippen LogP contribution >= 0.6 is 0 Å². The van der Waals surface area contributed by atoms with Gasteiger partial charge in [-0.2, -0.15) is 0 Å². The van der Waals surface area contributed by atoms with Crippen LogP contribution in [-0.4, -0.2) is 16.5 Å². The summed E-state index contributed by atoms with van der Waals surface area (Å²) in [6.07, 6.45) is 9.72. The standard InChI is InChI=1S/C12H19N3/c1-2-7-14-11-5-3-4-6-12-10(11)8-13-9-15-12/h8-9,11,14H,2-7H2,1H3. The van der Waals surface area contributed by atoms with Gasteiger partial charge in [-0.3, -0.25) is 0 Å². The number of fused-ring (bicyclic) bond motifs is 1. The van der Waals surface area contributed by atoms with Crippen molar-refractivity contribution in [3.05, 3.63) is 23.8 Å². The molecule has 0 aromatic carbocycles. The van der Waals surface area contributed by atoms with Crippen LogP contribution in [0.1, 0.15) is 49.9 Å². The molecule has 0 bridgehead atoms. The van der Waals surface area contributed by atoms with Crippen LogP contribution in [0.5, 0.6) is 0 Å². The number of aryl methyl sites for hydroxylation is 1. The van der Waals surface area contributed by atoms with Gasteiger partial charge in [0, 0.05) is 23.5 Å². The van der Waals surface area contributed by atoms with E-state index in [4.69, 9.17) is 0 Å². The van der Waals surface area contributed by atoms with Crippen molar-refractivity contribution in [2.75, 3.05) is 6.54 Å². The van der Waals surface area contributed by atoms with Gasteiger partial charge in [0.05, 0.1) is 0 Å². The summed E-state index contributed by atoms with van der Waals surface area (Å²) in [5.74, 6) is 0. The van der Waals surface area contributed by atoms with E-state index in [9.17, 15) is 0 Å². The SMILES string of the molecule is CCCNC1CCCCc2ncncc21. The Bertz CT molecular complexity index is 311. The highest BCUT2D eigenvalue weighted by Gasteiger charge is 2.18. The van der Waals surface area contributed by atoms with Gasteiger partial charge < -0.3 is 5.32 Å². The molecule has 1 heterocycles. The predicted molar refractivity (Wildman–Crippen MR) is 60.6 cm³/mol. The molecule has 0 saturated heterocycles. The summed E-state index contributed by atoms with van der Waals surface area (Å²) in [6.45, 7) is 3.28. The first-order chi connectivity index (χ1) is 7.42. The van der Waals surface area contributed by atoms with Crippen LogP contribution in [0.25, 0.3) is 0 Å². The van der Waals surface area contributed by atoms with Gasteiger partial charge >= 0.3 is 0 Å². The second-order valence-electron chi connectivity index (χ2n) is 4.18. The lowest BCUT2D eigenvalue weighted by Crippen LogP contribution is -2.22. The monoisotopic (exact) mass is 205 g/mol. The molecule has 1 aromatic heterocycles. The minimum Gasteiger partial charge on any atom is -0.310 e. The van der Waals surface area contributed by atoms with Crippen LogP contribution in [0.2, 0.25) is 0 Å². The first-order valence-electron chi connectivity index (χ1n) is 5.94. The average Bonchev–Trinajstić information content (AvgIpc) is 2.49. The van der Waals surface area contributed by atoms with E-state index in [0.29, 0.717) is 6.04 Å². The van der Waals surface area contributed by atoms with Crippen molar-refractivity contribution in [3.8, 4) is 0 Å². The normalized spacial score (nSPS) is 20.7. The Morgan fingerprint density at radius 2 is 2.40 bits per heavy atom. The molecule has 3 nitrogen and oxygen atoms in total. The molecule has 0 fully saturated rings. The van der Waals surface area contributed by atoms with Crippen LogP contribution in [-0.2, 0) is 6.42 Å². The van der Waals surface area contributed by atoms with E-state index in [1.807, 2.05) is 6.20 Å². The second-order valence-corrected chi connectivity index (χ2v) is 4.18. The maximum Gasteiger partial charge on any atom is 0.115 e. The van der Waals surface area contributed by atoms with Crippen molar-refractivity contribution >= 4 is 0 Å². The summed E-state index contributed by atoms with van der Waals surface area (Å²) in [4.78, 5) is 8.53. The molecule has 1 unspecified atom stereocenters. The Morgan fingerprint density at radius 1 is 1.47 bits per heavy atom. The van der Waals surface area contributed by atoms with Crippen LogP contribution in [0.15, 0.2) is 12.5 Å². The van der Waals surface area contributed by atoms with Gasteiger partial charge in [-0.25, -0.2) is 9.97 Å². The van der Waals surface area contributed by atoms with Gasteiger partial charge in [-0.15, -0.1) is 0 Å². The zero-order valence-corrected chi connectivity index (χ0v) is 9.37. The third-order valence-electron chi connectivity index (χ3n) is 3.00. The molecular weight excluding hydrogens is 186 g/mol. The molecule has 0 amide bonds. The van der Waals surface area contributed by atoms with Crippen LogP contribution in [0, 0.1) is 0 Å². The van der Waals surface area contributed by atoms with Gasteiger partial charge in [-0.05, 0) is 32.2 Å². The van der Waals surface area contributed by atoms with Crippen molar-refractivity contribution in [1.82, 2.24) is 15.3 Å². The number of hydrogen-bond donors (Lipinski definition) is 1. The molecule has 82 valence electrons. The molecular formula is C12H19N3. The molecule has 1 aliphatic carbocycles. The summed E-state index contributed by atoms with van der Waals surface area (Å²) in [5.41, 5.74) is 2.57. The fraction of sp³-hybridized carbons (Fsp3) is 0.667. The number of rotatable bonds is 3. The van der Waals surface area contributed by atoms with Crippen LogP contribution < -0.4 is 5.32 Å². The highest BCUT2D eigenvalue weighted by molar-refractivity contribution is 5.21. The fourth-order valence-electron chi connectivity index (χ4n) is 2.19. The predicted octanol–water partition coefficient (Wildman–Crippen LogP) is 2.24. The van der Waals surface area contributed by atoms with Crippen LogP contribution in [0.4, 0.5) is 0 Å². The van der Waals surface area contributed by atoms with E-state index >= 15 is 0 Å². The van der Waals surface area contributed by atoms with Gasteiger partial charge in [0.1, 0.15) is 6.33 Å². The lowest BCUT2D eigenvalue weighted by atomic mass is 10.1. The third kappa shape index (κ3) is 2.53. The van der Waals surface area contributed by atoms with E-state index < -0.39 is 0 Å². The van der Waals surface area contributed by atoms with Gasteiger partial charge in [0.15, 0.2) is 0 Å². The van der Waals surface area contributed by atoms with Gasteiger partial charge in [-0.1, -0.05) is 13.3 Å². The second kappa shape index (κ2) is 5.21. The molecule has 0 spiro atoms. The Hall–Kier alpha value is -0.960. The fourth-order valence-corrected chi connectivity index (χ4v) is 2.19. The average molecular weight is 205 g/mol. The molecule has 2 rings (SSSR count). The van der Waals surface area contributed by atoms with Crippen molar-refractivity contribution in [1.29, 1.82) is 0 Å². The molecule has 0 saturated carbocycles. The number of nitrogens with one attached hydrogen (secondary N) is 1. The summed E-state index contributed by atoms with van der Waals surface area (Å²) in [7, 11) is 0. The number of hydrogen-bond acceptors (Lipinski definition) is 3. The van der Waals surface area contributed by atoms with Gasteiger partial charge in [0.25, 0.3) is 0 Å². The van der Waals surface area contributed by atoms with Crippen LogP contribution in [0.3, 0.4) is 0 Å². The molecule has 1 aromatic rings. The maximum absolute atomic E-state index is 4.39. The Labute approximate surface area is 91.3 Å². The molecule has 15 heavy (non-hydrogen) atoms. The van der Waals surface area contributed by atoms with Gasteiger partial charge in [0.2, 0.25) is 0 Å². The van der Waals surface area contributed by atoms with E-state index in [1.165, 1.54) is 36.9 Å². The Morgan fingerprint density at radius 3 is 3.27 bits per heavy atom. The molecule has 0 radical (unpaired) electrons. The lowest BCUT2D eigenvalue weighted by molar-refractivity contribution is 0.488. The minimum atomic E-state index is 0.476. The zero-order chi connectivity index (χ0) is 10.5. The third-order valence-corrected chi connectivity index (χ3v) is 3.00. The Kier molecular flexibility index (Phi) is 3.67. The first-order valence-corrected chi connectivity index (χ1v) is 5.94. The van der Waals surface area contributed by atoms with Crippen molar-refractivity contribution in [2.24, 2.45) is 0 Å². The molecule has 1 aliphatic rings. The van der Waals surface area contributed by atoms with Crippen molar-refractivity contribution in [3.63, 3.8) is 0 Å². The summed E-state index contributed by atoms with van der Waals surface area (Å²) < 4.78 is 0.